The highest BCUT2D eigenvalue weighted by atomic mass is 16.6. The van der Waals surface area contributed by atoms with Crippen molar-refractivity contribution in [2.75, 3.05) is 37.0 Å². The lowest BCUT2D eigenvalue weighted by Gasteiger charge is -2.20. The molecule has 21 heavy (non-hydrogen) atoms. The summed E-state index contributed by atoms with van der Waals surface area (Å²) in [6.45, 7) is 3.67. The maximum absolute atomic E-state index is 11.4. The van der Waals surface area contributed by atoms with Crippen LogP contribution in [0.4, 0.5) is 17.1 Å². The van der Waals surface area contributed by atoms with Crippen LogP contribution in [0.15, 0.2) is 18.2 Å². The number of nitrogens with one attached hydrogen (secondary N) is 1. The van der Waals surface area contributed by atoms with Gasteiger partial charge in [0.15, 0.2) is 0 Å². The highest BCUT2D eigenvalue weighted by Crippen LogP contribution is 2.35. The van der Waals surface area contributed by atoms with Crippen LogP contribution in [0.5, 0.6) is 0 Å². The molecule has 0 heterocycles. The normalized spacial score (nSPS) is 10.4. The maximum atomic E-state index is 11.4. The molecule has 0 atom stereocenters. The van der Waals surface area contributed by atoms with E-state index in [0.29, 0.717) is 17.9 Å². The summed E-state index contributed by atoms with van der Waals surface area (Å²) in [5.74, 6) is 0. The SMILES string of the molecule is CCCNc1cccc(N(C)CCCCCO)c1[N+](=O)[O-]. The van der Waals surface area contributed by atoms with Crippen LogP contribution in [-0.4, -0.2) is 36.8 Å². The summed E-state index contributed by atoms with van der Waals surface area (Å²) in [6.07, 6.45) is 3.51. The van der Waals surface area contributed by atoms with Gasteiger partial charge in [0, 0.05) is 26.7 Å². The third-order valence-corrected chi connectivity index (χ3v) is 3.33. The largest absolute Gasteiger partial charge is 0.396 e. The van der Waals surface area contributed by atoms with E-state index in [-0.39, 0.29) is 17.2 Å². The molecule has 1 rings (SSSR count). The Bertz CT molecular complexity index is 452. The molecular formula is C15H25N3O3. The number of unbranched alkanes of at least 4 members (excludes halogenated alkanes) is 2. The second-order valence-corrected chi connectivity index (χ2v) is 5.06. The van der Waals surface area contributed by atoms with Crippen molar-refractivity contribution in [1.29, 1.82) is 0 Å². The van der Waals surface area contributed by atoms with Crippen molar-refractivity contribution in [3.63, 3.8) is 0 Å². The molecule has 0 aliphatic carbocycles. The smallest absolute Gasteiger partial charge is 0.315 e. The third-order valence-electron chi connectivity index (χ3n) is 3.33. The van der Waals surface area contributed by atoms with Gasteiger partial charge in [-0.05, 0) is 37.8 Å². The van der Waals surface area contributed by atoms with Crippen molar-refractivity contribution < 1.29 is 10.0 Å². The Morgan fingerprint density at radius 1 is 1.33 bits per heavy atom. The molecule has 0 radical (unpaired) electrons. The van der Waals surface area contributed by atoms with Gasteiger partial charge in [0.05, 0.1) is 4.92 Å². The summed E-state index contributed by atoms with van der Waals surface area (Å²) in [4.78, 5) is 13.0. The lowest BCUT2D eigenvalue weighted by molar-refractivity contribution is -0.383. The van der Waals surface area contributed by atoms with Crippen molar-refractivity contribution in [1.82, 2.24) is 0 Å². The predicted molar refractivity (Wildman–Crippen MR) is 86.1 cm³/mol. The van der Waals surface area contributed by atoms with Crippen LogP contribution in [0.3, 0.4) is 0 Å². The zero-order valence-electron chi connectivity index (χ0n) is 12.8. The van der Waals surface area contributed by atoms with Gasteiger partial charge in [0.1, 0.15) is 11.4 Å². The summed E-state index contributed by atoms with van der Waals surface area (Å²) < 4.78 is 0. The van der Waals surface area contributed by atoms with E-state index in [0.717, 1.165) is 32.2 Å². The van der Waals surface area contributed by atoms with E-state index in [1.165, 1.54) is 0 Å². The van der Waals surface area contributed by atoms with E-state index < -0.39 is 0 Å². The molecule has 0 aromatic heterocycles. The fraction of sp³-hybridized carbons (Fsp3) is 0.600. The highest BCUT2D eigenvalue weighted by molar-refractivity contribution is 5.76. The van der Waals surface area contributed by atoms with Crippen molar-refractivity contribution in [3.8, 4) is 0 Å². The van der Waals surface area contributed by atoms with E-state index in [2.05, 4.69) is 5.32 Å². The number of benzene rings is 1. The molecule has 118 valence electrons. The average Bonchev–Trinajstić information content (AvgIpc) is 2.48. The molecule has 0 saturated carbocycles. The number of aliphatic hydroxyl groups is 1. The van der Waals surface area contributed by atoms with Gasteiger partial charge in [-0.25, -0.2) is 0 Å². The Morgan fingerprint density at radius 3 is 2.71 bits per heavy atom. The number of nitro benzene ring substituents is 1. The molecule has 0 unspecified atom stereocenters. The van der Waals surface area contributed by atoms with E-state index in [1.807, 2.05) is 24.9 Å². The number of nitrogens with zero attached hydrogens (tertiary/aromatic N) is 2. The highest BCUT2D eigenvalue weighted by Gasteiger charge is 2.21. The van der Waals surface area contributed by atoms with Gasteiger partial charge in [-0.15, -0.1) is 0 Å². The Kier molecular flexibility index (Phi) is 7.53. The Hall–Kier alpha value is -1.82. The molecule has 0 saturated heterocycles. The molecular weight excluding hydrogens is 270 g/mol. The minimum absolute atomic E-state index is 0.135. The minimum Gasteiger partial charge on any atom is -0.396 e. The molecule has 0 aliphatic heterocycles. The van der Waals surface area contributed by atoms with Crippen molar-refractivity contribution >= 4 is 17.1 Å². The van der Waals surface area contributed by atoms with E-state index >= 15 is 0 Å². The van der Waals surface area contributed by atoms with Crippen molar-refractivity contribution in [2.45, 2.75) is 32.6 Å². The topological polar surface area (TPSA) is 78.6 Å². The van der Waals surface area contributed by atoms with Gasteiger partial charge >= 0.3 is 5.69 Å². The van der Waals surface area contributed by atoms with Crippen molar-refractivity contribution in [3.05, 3.63) is 28.3 Å². The number of hydrogen-bond acceptors (Lipinski definition) is 5. The predicted octanol–water partition coefficient (Wildman–Crippen LogP) is 3.02. The van der Waals surface area contributed by atoms with Crippen LogP contribution >= 0.6 is 0 Å². The molecule has 1 aromatic carbocycles. The standard InChI is InChI=1S/C15H25N3O3/c1-3-10-16-13-8-7-9-14(15(13)18(20)21)17(2)11-5-4-6-12-19/h7-9,16,19H,3-6,10-12H2,1-2H3. The van der Waals surface area contributed by atoms with Gasteiger partial charge in [0.2, 0.25) is 0 Å². The van der Waals surface area contributed by atoms with Gasteiger partial charge in [-0.2, -0.15) is 0 Å². The number of nitro groups is 1. The molecule has 0 amide bonds. The van der Waals surface area contributed by atoms with E-state index in [9.17, 15) is 10.1 Å². The second-order valence-electron chi connectivity index (χ2n) is 5.06. The lowest BCUT2D eigenvalue weighted by atomic mass is 10.2. The molecule has 0 fully saturated rings. The second kappa shape index (κ2) is 9.18. The first-order valence-corrected chi connectivity index (χ1v) is 7.45. The first kappa shape index (κ1) is 17.2. The van der Waals surface area contributed by atoms with Gasteiger partial charge in [-0.1, -0.05) is 13.0 Å². The van der Waals surface area contributed by atoms with Crippen LogP contribution in [-0.2, 0) is 0 Å². The number of para-hydroxylation sites is 1. The Labute approximate surface area is 125 Å². The number of hydrogen-bond donors (Lipinski definition) is 2. The Balaban J connectivity index is 2.86. The summed E-state index contributed by atoms with van der Waals surface area (Å²) in [5.41, 5.74) is 1.34. The molecule has 0 spiro atoms. The monoisotopic (exact) mass is 295 g/mol. The van der Waals surface area contributed by atoms with Crippen LogP contribution in [0.1, 0.15) is 32.6 Å². The fourth-order valence-corrected chi connectivity index (χ4v) is 2.19. The zero-order chi connectivity index (χ0) is 15.7. The van der Waals surface area contributed by atoms with Crippen LogP contribution < -0.4 is 10.2 Å². The molecule has 0 aliphatic rings. The van der Waals surface area contributed by atoms with Crippen LogP contribution in [0.2, 0.25) is 0 Å². The molecule has 0 bridgehead atoms. The van der Waals surface area contributed by atoms with Gasteiger partial charge in [-0.3, -0.25) is 10.1 Å². The maximum Gasteiger partial charge on any atom is 0.315 e. The number of rotatable bonds is 10. The quantitative estimate of drug-likeness (QED) is 0.394. The number of aliphatic hydroxyl groups excluding tert-OH is 1. The summed E-state index contributed by atoms with van der Waals surface area (Å²) >= 11 is 0. The van der Waals surface area contributed by atoms with Gasteiger partial charge in [0.25, 0.3) is 0 Å². The molecule has 2 N–H and O–H groups in total. The molecule has 1 aromatic rings. The summed E-state index contributed by atoms with van der Waals surface area (Å²) in [7, 11) is 1.87. The fourth-order valence-electron chi connectivity index (χ4n) is 2.19. The third kappa shape index (κ3) is 5.23. The first-order valence-electron chi connectivity index (χ1n) is 7.45. The van der Waals surface area contributed by atoms with Crippen LogP contribution in [0, 0.1) is 10.1 Å². The zero-order valence-corrected chi connectivity index (χ0v) is 12.8. The summed E-state index contributed by atoms with van der Waals surface area (Å²) in [5, 5.41) is 23.3. The minimum atomic E-state index is -0.322. The first-order chi connectivity index (χ1) is 10.1. The van der Waals surface area contributed by atoms with E-state index in [4.69, 9.17) is 5.11 Å². The molecule has 6 nitrogen and oxygen atoms in total. The Morgan fingerprint density at radius 2 is 2.10 bits per heavy atom. The lowest BCUT2D eigenvalue weighted by Crippen LogP contribution is -2.20. The summed E-state index contributed by atoms with van der Waals surface area (Å²) in [6, 6.07) is 5.36. The van der Waals surface area contributed by atoms with Crippen molar-refractivity contribution in [2.24, 2.45) is 0 Å². The average molecular weight is 295 g/mol. The van der Waals surface area contributed by atoms with Crippen LogP contribution in [0.25, 0.3) is 0 Å². The van der Waals surface area contributed by atoms with E-state index in [1.54, 1.807) is 12.1 Å². The molecule has 6 heteroatoms. The van der Waals surface area contributed by atoms with Gasteiger partial charge < -0.3 is 15.3 Å². The number of anilines is 2.